The molecule has 0 bridgehead atoms. The SMILES string of the molecule is Cc1oc(-c2ccco2)nc1Cn1c(=O)oc2cc(S(=O)(=O)N(C)C)ccc21. The zero-order valence-corrected chi connectivity index (χ0v) is 16.2. The molecular formula is C18H17N3O6S. The van der Waals surface area contributed by atoms with Crippen molar-refractivity contribution in [2.45, 2.75) is 18.4 Å². The van der Waals surface area contributed by atoms with E-state index in [4.69, 9.17) is 13.3 Å². The van der Waals surface area contributed by atoms with Crippen molar-refractivity contribution in [1.82, 2.24) is 13.9 Å². The molecule has 4 rings (SSSR count). The van der Waals surface area contributed by atoms with Crippen LogP contribution in [0.15, 0.2) is 59.5 Å². The van der Waals surface area contributed by atoms with Crippen LogP contribution in [0.25, 0.3) is 22.8 Å². The monoisotopic (exact) mass is 403 g/mol. The van der Waals surface area contributed by atoms with Crippen molar-refractivity contribution in [1.29, 1.82) is 0 Å². The Hall–Kier alpha value is -3.11. The van der Waals surface area contributed by atoms with Crippen molar-refractivity contribution in [3.8, 4) is 11.7 Å². The van der Waals surface area contributed by atoms with Gasteiger partial charge in [0, 0.05) is 20.2 Å². The van der Waals surface area contributed by atoms with E-state index >= 15 is 0 Å². The fourth-order valence-corrected chi connectivity index (χ4v) is 3.72. The van der Waals surface area contributed by atoms with Gasteiger partial charge < -0.3 is 13.3 Å². The summed E-state index contributed by atoms with van der Waals surface area (Å²) in [5.74, 6) is 0.728. The Balaban J connectivity index is 1.74. The van der Waals surface area contributed by atoms with Gasteiger partial charge in [0.1, 0.15) is 11.5 Å². The molecule has 0 amide bonds. The van der Waals surface area contributed by atoms with E-state index in [1.807, 2.05) is 0 Å². The number of benzene rings is 1. The first kappa shape index (κ1) is 18.3. The highest BCUT2D eigenvalue weighted by atomic mass is 32.2. The highest BCUT2D eigenvalue weighted by Crippen LogP contribution is 2.24. The van der Waals surface area contributed by atoms with E-state index in [0.29, 0.717) is 28.6 Å². The number of hydrogen-bond donors (Lipinski definition) is 0. The van der Waals surface area contributed by atoms with Gasteiger partial charge in [0.2, 0.25) is 10.0 Å². The maximum Gasteiger partial charge on any atom is 0.420 e. The molecule has 3 heterocycles. The molecule has 0 fully saturated rings. The maximum absolute atomic E-state index is 12.3. The molecule has 0 saturated carbocycles. The maximum atomic E-state index is 12.3. The second kappa shape index (κ2) is 6.50. The third kappa shape index (κ3) is 2.96. The predicted octanol–water partition coefficient (Wildman–Crippen LogP) is 2.45. The summed E-state index contributed by atoms with van der Waals surface area (Å²) >= 11 is 0. The summed E-state index contributed by atoms with van der Waals surface area (Å²) < 4.78 is 43.2. The highest BCUT2D eigenvalue weighted by Gasteiger charge is 2.21. The molecule has 1 aromatic carbocycles. The molecule has 28 heavy (non-hydrogen) atoms. The van der Waals surface area contributed by atoms with Crippen LogP contribution in [0.4, 0.5) is 0 Å². The molecule has 0 atom stereocenters. The summed E-state index contributed by atoms with van der Waals surface area (Å²) in [5, 5.41) is 0. The number of hydrogen-bond acceptors (Lipinski definition) is 7. The summed E-state index contributed by atoms with van der Waals surface area (Å²) in [6.45, 7) is 1.85. The summed E-state index contributed by atoms with van der Waals surface area (Å²) in [6.07, 6.45) is 1.52. The zero-order chi connectivity index (χ0) is 20.1. The fourth-order valence-electron chi connectivity index (χ4n) is 2.80. The number of rotatable bonds is 5. The van der Waals surface area contributed by atoms with Gasteiger partial charge >= 0.3 is 5.76 Å². The van der Waals surface area contributed by atoms with Crippen LogP contribution in [0.2, 0.25) is 0 Å². The third-order valence-electron chi connectivity index (χ3n) is 4.35. The first-order valence-electron chi connectivity index (χ1n) is 8.33. The molecule has 0 radical (unpaired) electrons. The summed E-state index contributed by atoms with van der Waals surface area (Å²) in [6, 6.07) is 7.77. The Bertz CT molecular complexity index is 1310. The average molecular weight is 403 g/mol. The molecule has 0 aliphatic carbocycles. The molecule has 10 heteroatoms. The molecule has 0 aliphatic rings. The number of sulfonamides is 1. The highest BCUT2D eigenvalue weighted by molar-refractivity contribution is 7.89. The van der Waals surface area contributed by atoms with Gasteiger partial charge in [-0.05, 0) is 31.2 Å². The van der Waals surface area contributed by atoms with Crippen LogP contribution >= 0.6 is 0 Å². The molecule has 3 aromatic heterocycles. The van der Waals surface area contributed by atoms with Crippen molar-refractivity contribution in [3.63, 3.8) is 0 Å². The minimum absolute atomic E-state index is 0.0450. The minimum Gasteiger partial charge on any atom is -0.459 e. The number of furan rings is 1. The molecule has 0 aliphatic heterocycles. The van der Waals surface area contributed by atoms with Gasteiger partial charge in [0.25, 0.3) is 5.89 Å². The minimum atomic E-state index is -3.64. The van der Waals surface area contributed by atoms with E-state index in [1.165, 1.54) is 37.1 Å². The Morgan fingerprint density at radius 2 is 1.96 bits per heavy atom. The Morgan fingerprint density at radius 3 is 2.64 bits per heavy atom. The number of aromatic nitrogens is 2. The molecular weight excluding hydrogens is 386 g/mol. The number of oxazole rings is 2. The summed E-state index contributed by atoms with van der Waals surface area (Å²) in [7, 11) is -0.764. The lowest BCUT2D eigenvalue weighted by atomic mass is 10.3. The van der Waals surface area contributed by atoms with Crippen molar-refractivity contribution < 1.29 is 21.7 Å². The molecule has 0 N–H and O–H groups in total. The largest absolute Gasteiger partial charge is 0.459 e. The molecule has 0 unspecified atom stereocenters. The summed E-state index contributed by atoms with van der Waals surface area (Å²) in [5.41, 5.74) is 1.19. The Morgan fingerprint density at radius 1 is 1.18 bits per heavy atom. The Kier molecular flexibility index (Phi) is 4.24. The smallest absolute Gasteiger partial charge is 0.420 e. The standard InChI is InChI=1S/C18H17N3O6S/c1-11-13(19-17(26-11)15-5-4-8-25-15)10-21-14-7-6-12(28(23,24)20(2)3)9-16(14)27-18(21)22/h4-9H,10H2,1-3H3. The van der Waals surface area contributed by atoms with Crippen molar-refractivity contribution in [2.75, 3.05) is 14.1 Å². The zero-order valence-electron chi connectivity index (χ0n) is 15.4. The van der Waals surface area contributed by atoms with E-state index in [-0.39, 0.29) is 17.0 Å². The van der Waals surface area contributed by atoms with Crippen LogP contribution < -0.4 is 5.76 Å². The van der Waals surface area contributed by atoms with Gasteiger partial charge in [-0.15, -0.1) is 0 Å². The third-order valence-corrected chi connectivity index (χ3v) is 6.16. The van der Waals surface area contributed by atoms with Crippen LogP contribution in [0.5, 0.6) is 0 Å². The van der Waals surface area contributed by atoms with Crippen LogP contribution in [-0.4, -0.2) is 36.4 Å². The van der Waals surface area contributed by atoms with Crippen LogP contribution in [0.3, 0.4) is 0 Å². The van der Waals surface area contributed by atoms with E-state index in [1.54, 1.807) is 25.1 Å². The normalized spacial score (nSPS) is 12.3. The molecule has 146 valence electrons. The second-order valence-electron chi connectivity index (χ2n) is 6.37. The topological polar surface area (TPSA) is 112 Å². The Labute approximate surface area is 159 Å². The van der Waals surface area contributed by atoms with Crippen molar-refractivity contribution in [3.05, 3.63) is 58.6 Å². The first-order valence-corrected chi connectivity index (χ1v) is 9.77. The molecule has 0 spiro atoms. The lowest BCUT2D eigenvalue weighted by Gasteiger charge is -2.10. The number of aryl methyl sites for hydroxylation is 1. The van der Waals surface area contributed by atoms with Crippen molar-refractivity contribution >= 4 is 21.1 Å². The van der Waals surface area contributed by atoms with Gasteiger partial charge in [-0.1, -0.05) is 0 Å². The van der Waals surface area contributed by atoms with Gasteiger partial charge in [-0.2, -0.15) is 0 Å². The summed E-state index contributed by atoms with van der Waals surface area (Å²) in [4.78, 5) is 16.8. The first-order chi connectivity index (χ1) is 13.3. The lowest BCUT2D eigenvalue weighted by Crippen LogP contribution is -2.22. The van der Waals surface area contributed by atoms with Gasteiger partial charge in [-0.3, -0.25) is 4.57 Å². The average Bonchev–Trinajstić information content (AvgIpc) is 3.35. The van der Waals surface area contributed by atoms with Gasteiger partial charge in [-0.25, -0.2) is 22.5 Å². The van der Waals surface area contributed by atoms with Gasteiger partial charge in [0.05, 0.1) is 23.2 Å². The van der Waals surface area contributed by atoms with Crippen LogP contribution in [0.1, 0.15) is 11.5 Å². The van der Waals surface area contributed by atoms with Crippen LogP contribution in [-0.2, 0) is 16.6 Å². The second-order valence-corrected chi connectivity index (χ2v) is 8.52. The molecule has 9 nitrogen and oxygen atoms in total. The fraction of sp³-hybridized carbons (Fsp3) is 0.222. The van der Waals surface area contributed by atoms with Gasteiger partial charge in [0.15, 0.2) is 11.3 Å². The van der Waals surface area contributed by atoms with Crippen LogP contribution in [0, 0.1) is 6.92 Å². The predicted molar refractivity (Wildman–Crippen MR) is 99.4 cm³/mol. The lowest BCUT2D eigenvalue weighted by molar-refractivity contribution is 0.496. The van der Waals surface area contributed by atoms with E-state index in [0.717, 1.165) is 4.31 Å². The van der Waals surface area contributed by atoms with E-state index in [2.05, 4.69) is 4.98 Å². The molecule has 0 saturated heterocycles. The molecule has 4 aromatic rings. The number of nitrogens with zero attached hydrogens (tertiary/aromatic N) is 3. The van der Waals surface area contributed by atoms with E-state index in [9.17, 15) is 13.2 Å². The van der Waals surface area contributed by atoms with E-state index < -0.39 is 15.8 Å². The quantitative estimate of drug-likeness (QED) is 0.503. The van der Waals surface area contributed by atoms with Crippen molar-refractivity contribution in [2.24, 2.45) is 0 Å². The number of fused-ring (bicyclic) bond motifs is 1.